The summed E-state index contributed by atoms with van der Waals surface area (Å²) in [4.78, 5) is 27.8. The molecule has 3 heterocycles. The number of carbonyl (C=O) groups is 2. The number of alkyl carbamates (subject to hydrolysis) is 1. The summed E-state index contributed by atoms with van der Waals surface area (Å²) in [6.07, 6.45) is 7.10. The zero-order chi connectivity index (χ0) is 22.7. The van der Waals surface area contributed by atoms with E-state index in [0.29, 0.717) is 25.5 Å². The van der Waals surface area contributed by atoms with Crippen LogP contribution in [0.2, 0.25) is 0 Å². The van der Waals surface area contributed by atoms with Crippen molar-refractivity contribution in [2.45, 2.75) is 102 Å². The third-order valence-electron chi connectivity index (χ3n) is 7.08. The second-order valence-electron chi connectivity index (χ2n) is 10.6. The molecule has 1 saturated carbocycles. The Kier molecular flexibility index (Phi) is 7.08. The van der Waals surface area contributed by atoms with Crippen LogP contribution in [0.1, 0.15) is 82.8 Å². The van der Waals surface area contributed by atoms with E-state index in [-0.39, 0.29) is 24.1 Å². The van der Waals surface area contributed by atoms with E-state index in [4.69, 9.17) is 9.47 Å². The van der Waals surface area contributed by atoms with Gasteiger partial charge in [-0.2, -0.15) is 0 Å². The van der Waals surface area contributed by atoms with Crippen molar-refractivity contribution in [2.75, 3.05) is 13.2 Å². The molecule has 5 rings (SSSR count). The minimum atomic E-state index is -0.554. The van der Waals surface area contributed by atoms with Crippen molar-refractivity contribution in [3.63, 3.8) is 0 Å². The van der Waals surface area contributed by atoms with Gasteiger partial charge < -0.3 is 19.7 Å². The van der Waals surface area contributed by atoms with Crippen molar-refractivity contribution in [3.05, 3.63) is 35.4 Å². The van der Waals surface area contributed by atoms with Crippen molar-refractivity contribution in [2.24, 2.45) is 0 Å². The van der Waals surface area contributed by atoms with Crippen LogP contribution < -0.4 is 5.32 Å². The van der Waals surface area contributed by atoms with E-state index in [0.717, 1.165) is 44.9 Å². The van der Waals surface area contributed by atoms with Gasteiger partial charge in [0.25, 0.3) is 0 Å². The number of hydrogen-bond donors (Lipinski definition) is 1. The summed E-state index contributed by atoms with van der Waals surface area (Å²) >= 11 is 0. The quantitative estimate of drug-likeness (QED) is 0.692. The summed E-state index contributed by atoms with van der Waals surface area (Å²) in [6.45, 7) is 6.77. The number of nitrogens with one attached hydrogen (secondary N) is 1. The van der Waals surface area contributed by atoms with Crippen LogP contribution in [-0.4, -0.2) is 53.8 Å². The second kappa shape index (κ2) is 9.82. The van der Waals surface area contributed by atoms with Crippen molar-refractivity contribution < 1.29 is 19.1 Å². The average Bonchev–Trinajstić information content (AvgIpc) is 2.76. The van der Waals surface area contributed by atoms with Crippen molar-refractivity contribution in [1.82, 2.24) is 10.2 Å². The molecular formula is C26H38N2O4. The van der Waals surface area contributed by atoms with E-state index in [1.807, 2.05) is 25.7 Å². The number of piperidine rings is 1. The highest BCUT2D eigenvalue weighted by Crippen LogP contribution is 2.36. The molecule has 2 fully saturated rings. The van der Waals surface area contributed by atoms with E-state index < -0.39 is 11.7 Å². The smallest absolute Gasteiger partial charge is 0.407 e. The number of nitrogens with zero attached hydrogens (tertiary/aromatic N) is 1. The predicted molar refractivity (Wildman–Crippen MR) is 124 cm³/mol. The maximum Gasteiger partial charge on any atom is 0.407 e. The summed E-state index contributed by atoms with van der Waals surface area (Å²) in [7, 11) is 0. The van der Waals surface area contributed by atoms with Crippen LogP contribution in [0.3, 0.4) is 0 Å². The Morgan fingerprint density at radius 2 is 1.84 bits per heavy atom. The second-order valence-corrected chi connectivity index (χ2v) is 10.6. The topological polar surface area (TPSA) is 67.9 Å². The summed E-state index contributed by atoms with van der Waals surface area (Å²) in [5.41, 5.74) is 2.17. The summed E-state index contributed by atoms with van der Waals surface area (Å²) in [6, 6.07) is 8.32. The van der Waals surface area contributed by atoms with Crippen LogP contribution in [0.4, 0.5) is 4.79 Å². The van der Waals surface area contributed by atoms with Gasteiger partial charge in [-0.1, -0.05) is 24.3 Å². The van der Waals surface area contributed by atoms with E-state index >= 15 is 0 Å². The lowest BCUT2D eigenvalue weighted by atomic mass is 9.80. The van der Waals surface area contributed by atoms with Gasteiger partial charge in [0.1, 0.15) is 5.60 Å². The molecule has 0 aromatic heterocycles. The molecule has 0 spiro atoms. The summed E-state index contributed by atoms with van der Waals surface area (Å²) < 4.78 is 11.9. The number of hydrogen-bond acceptors (Lipinski definition) is 4. The normalized spacial score (nSPS) is 29.1. The fourth-order valence-electron chi connectivity index (χ4n) is 5.52. The fourth-order valence-corrected chi connectivity index (χ4v) is 5.52. The minimum absolute atomic E-state index is 0.149. The minimum Gasteiger partial charge on any atom is -0.444 e. The third kappa shape index (κ3) is 5.64. The molecule has 1 aliphatic carbocycles. The van der Waals surface area contributed by atoms with Gasteiger partial charge in [-0.25, -0.2) is 4.79 Å². The lowest BCUT2D eigenvalue weighted by Crippen LogP contribution is -2.59. The zero-order valence-corrected chi connectivity index (χ0v) is 19.8. The van der Waals surface area contributed by atoms with E-state index in [1.54, 1.807) is 0 Å². The lowest BCUT2D eigenvalue weighted by molar-refractivity contribution is -0.138. The molecule has 6 nitrogen and oxygen atoms in total. The monoisotopic (exact) mass is 442 g/mol. The Labute approximate surface area is 192 Å². The largest absolute Gasteiger partial charge is 0.444 e. The Morgan fingerprint density at radius 3 is 2.59 bits per heavy atom. The van der Waals surface area contributed by atoms with E-state index in [1.165, 1.54) is 11.1 Å². The van der Waals surface area contributed by atoms with Crippen LogP contribution in [-0.2, 0) is 20.7 Å². The molecule has 32 heavy (non-hydrogen) atoms. The highest BCUT2D eigenvalue weighted by atomic mass is 16.6. The molecule has 2 bridgehead atoms. The lowest BCUT2D eigenvalue weighted by Gasteiger charge is -2.42. The molecule has 1 aromatic carbocycles. The number of ether oxygens (including phenoxy) is 2. The van der Waals surface area contributed by atoms with Crippen LogP contribution in [0.5, 0.6) is 0 Å². The summed E-state index contributed by atoms with van der Waals surface area (Å²) in [5, 5.41) is 3.04. The number of benzene rings is 1. The maximum absolute atomic E-state index is 13.3. The maximum atomic E-state index is 13.3. The molecule has 1 saturated heterocycles. The average molecular weight is 443 g/mol. The Hall–Kier alpha value is -2.08. The van der Waals surface area contributed by atoms with Gasteiger partial charge >= 0.3 is 6.09 Å². The van der Waals surface area contributed by atoms with Crippen LogP contribution >= 0.6 is 0 Å². The van der Waals surface area contributed by atoms with Gasteiger partial charge in [-0.15, -0.1) is 0 Å². The highest BCUT2D eigenvalue weighted by molar-refractivity contribution is 5.77. The molecule has 3 aliphatic heterocycles. The van der Waals surface area contributed by atoms with Gasteiger partial charge in [0, 0.05) is 13.0 Å². The summed E-state index contributed by atoms with van der Waals surface area (Å²) in [5.74, 6) is 0.710. The molecule has 4 aliphatic rings. The van der Waals surface area contributed by atoms with Gasteiger partial charge in [0.2, 0.25) is 5.91 Å². The number of rotatable bonds is 1. The molecule has 0 unspecified atom stereocenters. The molecule has 0 radical (unpaired) electrons. The van der Waals surface area contributed by atoms with E-state index in [9.17, 15) is 9.59 Å². The number of aryl methyl sites for hydroxylation is 1. The predicted octanol–water partition coefficient (Wildman–Crippen LogP) is 4.56. The Balaban J connectivity index is 1.54. The molecule has 1 N–H and O–H groups in total. The van der Waals surface area contributed by atoms with Gasteiger partial charge in [-0.05, 0) is 82.8 Å². The van der Waals surface area contributed by atoms with Crippen molar-refractivity contribution >= 4 is 12.0 Å². The molecule has 1 aromatic rings. The van der Waals surface area contributed by atoms with Crippen molar-refractivity contribution in [1.29, 1.82) is 0 Å². The fraction of sp³-hybridized carbons (Fsp3) is 0.692. The van der Waals surface area contributed by atoms with Crippen LogP contribution in [0, 0.1) is 0 Å². The number of amides is 2. The first-order valence-electron chi connectivity index (χ1n) is 12.3. The number of fused-ring (bicyclic) bond motifs is 5. The Bertz CT molecular complexity index is 810. The Morgan fingerprint density at radius 1 is 1.09 bits per heavy atom. The van der Waals surface area contributed by atoms with E-state index in [2.05, 4.69) is 29.6 Å². The molecule has 2 atom stereocenters. The SMILES string of the molecule is CC(C)(C)OC(=O)N[C@H]1CCCN2C(=O)CCc3ccccc3C3CCC(CC3)OC[C@@H]12. The molecular weight excluding hydrogens is 404 g/mol. The van der Waals surface area contributed by atoms with Gasteiger partial charge in [-0.3, -0.25) is 4.79 Å². The standard InChI is InChI=1S/C26H38N2O4/c1-26(2,3)32-25(30)27-22-9-6-16-28-23(22)17-31-20-13-10-19(11-14-20)21-8-5-4-7-18(21)12-15-24(28)29/h4-5,7-8,19-20,22-23H,6,9-17H2,1-3H3,(H,27,30)/t19?,20?,22-,23-/m0/s1. The third-order valence-corrected chi connectivity index (χ3v) is 7.08. The van der Waals surface area contributed by atoms with Crippen LogP contribution in [0.25, 0.3) is 0 Å². The first kappa shape index (κ1) is 23.1. The first-order chi connectivity index (χ1) is 15.3. The van der Waals surface area contributed by atoms with Crippen molar-refractivity contribution in [3.8, 4) is 0 Å². The van der Waals surface area contributed by atoms with Gasteiger partial charge in [0.15, 0.2) is 0 Å². The molecule has 6 heteroatoms. The van der Waals surface area contributed by atoms with Gasteiger partial charge in [0.05, 0.1) is 24.8 Å². The molecule has 2 amide bonds. The molecule has 176 valence electrons. The van der Waals surface area contributed by atoms with Crippen LogP contribution in [0.15, 0.2) is 24.3 Å². The highest BCUT2D eigenvalue weighted by Gasteiger charge is 2.37. The zero-order valence-electron chi connectivity index (χ0n) is 19.8. The first-order valence-corrected chi connectivity index (χ1v) is 12.3. The number of carbonyl (C=O) groups excluding carboxylic acids is 2.